The Bertz CT molecular complexity index is 385. The molecule has 0 aromatic carbocycles. The van der Waals surface area contributed by atoms with Gasteiger partial charge in [-0.05, 0) is 31.3 Å². The molecule has 0 radical (unpaired) electrons. The molecular formula is C15H24N2OS. The minimum absolute atomic E-state index is 0.256. The summed E-state index contributed by atoms with van der Waals surface area (Å²) in [5.74, 6) is 0.256. The minimum atomic E-state index is 0.256. The van der Waals surface area contributed by atoms with E-state index < -0.39 is 0 Å². The van der Waals surface area contributed by atoms with Gasteiger partial charge >= 0.3 is 0 Å². The number of nitrogens with zero attached hydrogens (tertiary/aromatic N) is 2. The van der Waals surface area contributed by atoms with Gasteiger partial charge in [-0.15, -0.1) is 11.3 Å². The van der Waals surface area contributed by atoms with Crippen LogP contribution in [-0.4, -0.2) is 42.4 Å². The summed E-state index contributed by atoms with van der Waals surface area (Å²) in [6.45, 7) is 1.38. The minimum Gasteiger partial charge on any atom is -0.342 e. The highest BCUT2D eigenvalue weighted by atomic mass is 32.1. The van der Waals surface area contributed by atoms with Crippen molar-refractivity contribution in [1.29, 1.82) is 0 Å². The van der Waals surface area contributed by atoms with Gasteiger partial charge in [0.05, 0.1) is 6.54 Å². The van der Waals surface area contributed by atoms with E-state index in [1.54, 1.807) is 11.3 Å². The van der Waals surface area contributed by atoms with Crippen LogP contribution in [-0.2, 0) is 11.3 Å². The van der Waals surface area contributed by atoms with Crippen LogP contribution in [0.15, 0.2) is 17.5 Å². The van der Waals surface area contributed by atoms with Gasteiger partial charge < -0.3 is 4.90 Å². The average molecular weight is 280 g/mol. The van der Waals surface area contributed by atoms with E-state index in [1.807, 2.05) is 19.0 Å². The quantitative estimate of drug-likeness (QED) is 0.828. The fraction of sp³-hybridized carbons (Fsp3) is 0.667. The second-order valence-electron chi connectivity index (χ2n) is 5.55. The molecule has 4 heteroatoms. The van der Waals surface area contributed by atoms with E-state index in [-0.39, 0.29) is 5.91 Å². The molecule has 1 fully saturated rings. The fourth-order valence-electron chi connectivity index (χ4n) is 2.74. The zero-order valence-electron chi connectivity index (χ0n) is 12.0. The van der Waals surface area contributed by atoms with Gasteiger partial charge in [0, 0.05) is 24.5 Å². The largest absolute Gasteiger partial charge is 0.342 e. The summed E-state index contributed by atoms with van der Waals surface area (Å²) in [4.78, 5) is 17.7. The molecule has 1 heterocycles. The van der Waals surface area contributed by atoms with E-state index in [0.717, 1.165) is 6.54 Å². The smallest absolute Gasteiger partial charge is 0.236 e. The van der Waals surface area contributed by atoms with E-state index in [1.165, 1.54) is 37.0 Å². The van der Waals surface area contributed by atoms with E-state index >= 15 is 0 Å². The molecule has 0 spiro atoms. The Kier molecular flexibility index (Phi) is 5.40. The molecule has 1 saturated carbocycles. The zero-order chi connectivity index (χ0) is 13.7. The monoisotopic (exact) mass is 280 g/mol. The Labute approximate surface area is 120 Å². The molecule has 19 heavy (non-hydrogen) atoms. The standard InChI is InChI=1S/C15H24N2OS/c1-16(11-14-9-6-10-19-14)12-15(18)17(2)13-7-4-3-5-8-13/h6,9-10,13H,3-5,7-8,11-12H2,1-2H3. The van der Waals surface area contributed by atoms with Crippen molar-refractivity contribution in [3.8, 4) is 0 Å². The van der Waals surface area contributed by atoms with Gasteiger partial charge in [0.2, 0.25) is 5.91 Å². The maximum absolute atomic E-state index is 12.3. The SMILES string of the molecule is CN(CC(=O)N(C)C1CCCCC1)Cc1cccs1. The maximum atomic E-state index is 12.3. The van der Waals surface area contributed by atoms with Crippen LogP contribution in [0.5, 0.6) is 0 Å². The van der Waals surface area contributed by atoms with Gasteiger partial charge in [0.15, 0.2) is 0 Å². The molecular weight excluding hydrogens is 256 g/mol. The molecule has 1 aliphatic rings. The third-order valence-electron chi connectivity index (χ3n) is 3.93. The second-order valence-corrected chi connectivity index (χ2v) is 6.58. The lowest BCUT2D eigenvalue weighted by atomic mass is 9.94. The van der Waals surface area contributed by atoms with Crippen molar-refractivity contribution in [2.24, 2.45) is 0 Å². The maximum Gasteiger partial charge on any atom is 0.236 e. The van der Waals surface area contributed by atoms with Gasteiger partial charge in [0.1, 0.15) is 0 Å². The number of hydrogen-bond acceptors (Lipinski definition) is 3. The number of thiophene rings is 1. The van der Waals surface area contributed by atoms with Gasteiger partial charge in [0.25, 0.3) is 0 Å². The summed E-state index contributed by atoms with van der Waals surface area (Å²) in [5, 5.41) is 2.08. The Morgan fingerprint density at radius 1 is 1.32 bits per heavy atom. The first-order chi connectivity index (χ1) is 9.16. The molecule has 0 atom stereocenters. The van der Waals surface area contributed by atoms with Crippen LogP contribution in [0.4, 0.5) is 0 Å². The third kappa shape index (κ3) is 4.32. The first kappa shape index (κ1) is 14.5. The normalized spacial score (nSPS) is 16.8. The highest BCUT2D eigenvalue weighted by molar-refractivity contribution is 7.09. The average Bonchev–Trinajstić information content (AvgIpc) is 2.91. The van der Waals surface area contributed by atoms with Crippen LogP contribution in [0.3, 0.4) is 0 Å². The Balaban J connectivity index is 1.79. The number of likely N-dealkylation sites (N-methyl/N-ethyl adjacent to an activating group) is 2. The van der Waals surface area contributed by atoms with E-state index in [9.17, 15) is 4.79 Å². The Morgan fingerprint density at radius 2 is 2.05 bits per heavy atom. The second kappa shape index (κ2) is 7.06. The predicted octanol–water partition coefficient (Wildman–Crippen LogP) is 2.97. The number of amides is 1. The first-order valence-corrected chi connectivity index (χ1v) is 8.01. The highest BCUT2D eigenvalue weighted by Gasteiger charge is 2.22. The molecule has 1 amide bonds. The van der Waals surface area contributed by atoms with Crippen LogP contribution >= 0.6 is 11.3 Å². The summed E-state index contributed by atoms with van der Waals surface area (Å²) >= 11 is 1.75. The number of carbonyl (C=O) groups excluding carboxylic acids is 1. The molecule has 0 saturated heterocycles. The molecule has 0 unspecified atom stereocenters. The first-order valence-electron chi connectivity index (χ1n) is 7.13. The number of carbonyl (C=O) groups is 1. The lowest BCUT2D eigenvalue weighted by Gasteiger charge is -2.32. The molecule has 1 aliphatic carbocycles. The summed E-state index contributed by atoms with van der Waals surface area (Å²) in [5.41, 5.74) is 0. The van der Waals surface area contributed by atoms with Gasteiger partial charge in [-0.2, -0.15) is 0 Å². The fourth-order valence-corrected chi connectivity index (χ4v) is 3.52. The van der Waals surface area contributed by atoms with Crippen LogP contribution in [0, 0.1) is 0 Å². The molecule has 106 valence electrons. The van der Waals surface area contributed by atoms with E-state index in [4.69, 9.17) is 0 Å². The summed E-state index contributed by atoms with van der Waals surface area (Å²) in [6, 6.07) is 4.65. The van der Waals surface area contributed by atoms with Crippen LogP contribution in [0.25, 0.3) is 0 Å². The summed E-state index contributed by atoms with van der Waals surface area (Å²) in [6.07, 6.45) is 6.23. The Morgan fingerprint density at radius 3 is 2.68 bits per heavy atom. The van der Waals surface area contributed by atoms with Crippen molar-refractivity contribution in [1.82, 2.24) is 9.80 Å². The van der Waals surface area contributed by atoms with Crippen LogP contribution in [0.1, 0.15) is 37.0 Å². The van der Waals surface area contributed by atoms with Crippen molar-refractivity contribution in [3.63, 3.8) is 0 Å². The van der Waals surface area contributed by atoms with Crippen molar-refractivity contribution in [3.05, 3.63) is 22.4 Å². The molecule has 3 nitrogen and oxygen atoms in total. The number of hydrogen-bond donors (Lipinski definition) is 0. The van der Waals surface area contributed by atoms with Gasteiger partial charge in [-0.3, -0.25) is 9.69 Å². The molecule has 2 rings (SSSR count). The van der Waals surface area contributed by atoms with Crippen molar-refractivity contribution in [2.45, 2.75) is 44.7 Å². The van der Waals surface area contributed by atoms with Crippen molar-refractivity contribution < 1.29 is 4.79 Å². The van der Waals surface area contributed by atoms with E-state index in [0.29, 0.717) is 12.6 Å². The number of rotatable bonds is 5. The molecule has 0 N–H and O–H groups in total. The Hall–Kier alpha value is -0.870. The summed E-state index contributed by atoms with van der Waals surface area (Å²) in [7, 11) is 3.99. The van der Waals surface area contributed by atoms with Gasteiger partial charge in [-0.25, -0.2) is 0 Å². The lowest BCUT2D eigenvalue weighted by Crippen LogP contribution is -2.43. The van der Waals surface area contributed by atoms with Crippen LogP contribution in [0.2, 0.25) is 0 Å². The van der Waals surface area contributed by atoms with Crippen LogP contribution < -0.4 is 0 Å². The zero-order valence-corrected chi connectivity index (χ0v) is 12.8. The summed E-state index contributed by atoms with van der Waals surface area (Å²) < 4.78 is 0. The molecule has 0 bridgehead atoms. The topological polar surface area (TPSA) is 23.6 Å². The van der Waals surface area contributed by atoms with E-state index in [2.05, 4.69) is 22.4 Å². The van der Waals surface area contributed by atoms with Crippen molar-refractivity contribution >= 4 is 17.2 Å². The molecule has 1 aromatic heterocycles. The molecule has 0 aliphatic heterocycles. The van der Waals surface area contributed by atoms with Crippen molar-refractivity contribution in [2.75, 3.05) is 20.6 Å². The van der Waals surface area contributed by atoms with Gasteiger partial charge in [-0.1, -0.05) is 25.3 Å². The molecule has 1 aromatic rings. The highest BCUT2D eigenvalue weighted by Crippen LogP contribution is 2.21. The predicted molar refractivity (Wildman–Crippen MR) is 80.3 cm³/mol. The third-order valence-corrected chi connectivity index (χ3v) is 4.79. The lowest BCUT2D eigenvalue weighted by molar-refractivity contribution is -0.133.